The molecule has 2 heterocycles. The van der Waals surface area contributed by atoms with Crippen molar-refractivity contribution in [2.45, 2.75) is 26.4 Å². The zero-order chi connectivity index (χ0) is 13.0. The van der Waals surface area contributed by atoms with E-state index >= 15 is 0 Å². The molecule has 1 aromatic rings. The number of aromatic nitrogens is 1. The molecule has 1 fully saturated rings. The molecule has 100 valence electrons. The van der Waals surface area contributed by atoms with Crippen molar-refractivity contribution in [1.82, 2.24) is 4.98 Å². The molecule has 0 saturated carbocycles. The molecule has 5 heteroatoms. The van der Waals surface area contributed by atoms with Crippen LogP contribution in [0.3, 0.4) is 0 Å². The molecule has 1 saturated heterocycles. The number of pyridine rings is 1. The minimum Gasteiger partial charge on any atom is -0.473 e. The van der Waals surface area contributed by atoms with E-state index < -0.39 is 0 Å². The van der Waals surface area contributed by atoms with Gasteiger partial charge in [0.15, 0.2) is 0 Å². The van der Waals surface area contributed by atoms with Crippen LogP contribution in [0.15, 0.2) is 12.1 Å². The lowest BCUT2D eigenvalue weighted by Gasteiger charge is -2.22. The molecule has 4 nitrogen and oxygen atoms in total. The van der Waals surface area contributed by atoms with Gasteiger partial charge in [-0.1, -0.05) is 0 Å². The number of nitrogens with two attached hydrogens (primary N) is 1. The molecule has 18 heavy (non-hydrogen) atoms. The fourth-order valence-corrected chi connectivity index (χ4v) is 2.80. The molecule has 0 spiro atoms. The molecular formula is C13H21N3OS. The van der Waals surface area contributed by atoms with E-state index in [1.165, 1.54) is 12.2 Å². The number of ether oxygens (including phenoxy) is 1. The lowest BCUT2D eigenvalue weighted by Crippen LogP contribution is -2.26. The van der Waals surface area contributed by atoms with Crippen LogP contribution >= 0.6 is 11.8 Å². The number of rotatable bonds is 3. The predicted octanol–water partition coefficient (Wildman–Crippen LogP) is 2.39. The number of thioether (sulfide) groups is 1. The lowest BCUT2D eigenvalue weighted by molar-refractivity contribution is 0.234. The first-order valence-electron chi connectivity index (χ1n) is 6.42. The van der Waals surface area contributed by atoms with Gasteiger partial charge in [0.1, 0.15) is 5.82 Å². The first-order valence-corrected chi connectivity index (χ1v) is 7.58. The van der Waals surface area contributed by atoms with Gasteiger partial charge in [-0.15, -0.1) is 0 Å². The zero-order valence-corrected chi connectivity index (χ0v) is 11.9. The van der Waals surface area contributed by atoms with Gasteiger partial charge in [0, 0.05) is 18.8 Å². The number of nitrogen functional groups attached to an aromatic ring is 1. The van der Waals surface area contributed by atoms with Crippen LogP contribution in [0.4, 0.5) is 11.5 Å². The highest BCUT2D eigenvalue weighted by Crippen LogP contribution is 2.25. The Labute approximate surface area is 113 Å². The molecular weight excluding hydrogens is 246 g/mol. The Kier molecular flexibility index (Phi) is 4.58. The van der Waals surface area contributed by atoms with Gasteiger partial charge in [-0.3, -0.25) is 0 Å². The van der Waals surface area contributed by atoms with Gasteiger partial charge >= 0.3 is 0 Å². The second kappa shape index (κ2) is 6.18. The summed E-state index contributed by atoms with van der Waals surface area (Å²) in [4.78, 5) is 6.86. The van der Waals surface area contributed by atoms with E-state index in [1.807, 2.05) is 37.7 Å². The largest absolute Gasteiger partial charge is 0.473 e. The van der Waals surface area contributed by atoms with Crippen molar-refractivity contribution in [2.75, 3.05) is 35.2 Å². The quantitative estimate of drug-likeness (QED) is 0.911. The molecule has 0 aromatic carbocycles. The third-order valence-electron chi connectivity index (χ3n) is 2.77. The Balaban J connectivity index is 2.16. The summed E-state index contributed by atoms with van der Waals surface area (Å²) in [6.45, 7) is 6.07. The predicted molar refractivity (Wildman–Crippen MR) is 78.6 cm³/mol. The van der Waals surface area contributed by atoms with Crippen LogP contribution in [0.1, 0.15) is 20.3 Å². The fourth-order valence-electron chi connectivity index (χ4n) is 1.91. The normalized spacial score (nSPS) is 16.7. The Morgan fingerprint density at radius 3 is 2.94 bits per heavy atom. The second-order valence-corrected chi connectivity index (χ2v) is 5.91. The maximum atomic E-state index is 5.89. The summed E-state index contributed by atoms with van der Waals surface area (Å²) in [6.07, 6.45) is 1.30. The third-order valence-corrected chi connectivity index (χ3v) is 3.82. The Morgan fingerprint density at radius 2 is 2.17 bits per heavy atom. The lowest BCUT2D eigenvalue weighted by atomic mass is 10.3. The second-order valence-electron chi connectivity index (χ2n) is 4.68. The van der Waals surface area contributed by atoms with E-state index in [1.54, 1.807) is 0 Å². The van der Waals surface area contributed by atoms with Crippen molar-refractivity contribution < 1.29 is 4.74 Å². The zero-order valence-electron chi connectivity index (χ0n) is 11.1. The maximum Gasteiger partial charge on any atom is 0.239 e. The average Bonchev–Trinajstić information content (AvgIpc) is 2.60. The molecule has 0 aliphatic carbocycles. The van der Waals surface area contributed by atoms with Crippen LogP contribution in [0.5, 0.6) is 5.88 Å². The van der Waals surface area contributed by atoms with Gasteiger partial charge in [-0.25, -0.2) is 0 Å². The molecule has 0 atom stereocenters. The van der Waals surface area contributed by atoms with Crippen LogP contribution in [-0.2, 0) is 0 Å². The van der Waals surface area contributed by atoms with Crippen molar-refractivity contribution >= 4 is 23.3 Å². The number of hydrogen-bond donors (Lipinski definition) is 1. The van der Waals surface area contributed by atoms with Gasteiger partial charge in [-0.05, 0) is 38.2 Å². The summed E-state index contributed by atoms with van der Waals surface area (Å²) in [5.41, 5.74) is 6.50. The van der Waals surface area contributed by atoms with E-state index in [-0.39, 0.29) is 6.10 Å². The first kappa shape index (κ1) is 13.3. The minimum absolute atomic E-state index is 0.0924. The maximum absolute atomic E-state index is 5.89. The SMILES string of the molecule is CC(C)Oc1nc(N2CCCSCC2)ccc1N. The minimum atomic E-state index is 0.0924. The van der Waals surface area contributed by atoms with Gasteiger partial charge < -0.3 is 15.4 Å². The molecule has 0 radical (unpaired) electrons. The molecule has 0 unspecified atom stereocenters. The summed E-state index contributed by atoms with van der Waals surface area (Å²) < 4.78 is 5.64. The van der Waals surface area contributed by atoms with E-state index in [0.717, 1.165) is 24.7 Å². The molecule has 1 aliphatic rings. The van der Waals surface area contributed by atoms with Crippen LogP contribution < -0.4 is 15.4 Å². The summed E-state index contributed by atoms with van der Waals surface area (Å²) in [5.74, 6) is 3.93. The highest BCUT2D eigenvalue weighted by Gasteiger charge is 2.14. The molecule has 2 N–H and O–H groups in total. The number of anilines is 2. The van der Waals surface area contributed by atoms with E-state index in [0.29, 0.717) is 11.6 Å². The van der Waals surface area contributed by atoms with Crippen molar-refractivity contribution in [3.8, 4) is 5.88 Å². The number of hydrogen-bond acceptors (Lipinski definition) is 5. The average molecular weight is 267 g/mol. The van der Waals surface area contributed by atoms with Gasteiger partial charge in [0.05, 0.1) is 11.8 Å². The Morgan fingerprint density at radius 1 is 1.33 bits per heavy atom. The molecule has 0 bridgehead atoms. The van der Waals surface area contributed by atoms with Crippen molar-refractivity contribution in [2.24, 2.45) is 0 Å². The van der Waals surface area contributed by atoms with Crippen molar-refractivity contribution in [3.63, 3.8) is 0 Å². The van der Waals surface area contributed by atoms with E-state index in [9.17, 15) is 0 Å². The van der Waals surface area contributed by atoms with Gasteiger partial charge in [0.25, 0.3) is 0 Å². The van der Waals surface area contributed by atoms with Crippen LogP contribution in [0.2, 0.25) is 0 Å². The van der Waals surface area contributed by atoms with Gasteiger partial charge in [-0.2, -0.15) is 16.7 Å². The summed E-state index contributed by atoms with van der Waals surface area (Å²) in [6, 6.07) is 3.87. The monoisotopic (exact) mass is 267 g/mol. The Hall–Kier alpha value is -1.10. The van der Waals surface area contributed by atoms with Crippen molar-refractivity contribution in [3.05, 3.63) is 12.1 Å². The molecule has 1 aromatic heterocycles. The summed E-state index contributed by atoms with van der Waals surface area (Å²) in [7, 11) is 0. The van der Waals surface area contributed by atoms with Gasteiger partial charge in [0.2, 0.25) is 5.88 Å². The highest BCUT2D eigenvalue weighted by molar-refractivity contribution is 7.99. The van der Waals surface area contributed by atoms with Crippen LogP contribution in [-0.4, -0.2) is 35.7 Å². The van der Waals surface area contributed by atoms with E-state index in [2.05, 4.69) is 9.88 Å². The number of nitrogens with zero attached hydrogens (tertiary/aromatic N) is 2. The third kappa shape index (κ3) is 3.45. The standard InChI is InChI=1S/C13H21N3OS/c1-10(2)17-13-11(14)4-5-12(15-13)16-6-3-8-18-9-7-16/h4-5,10H,3,6-9,14H2,1-2H3. The topological polar surface area (TPSA) is 51.4 Å². The highest BCUT2D eigenvalue weighted by atomic mass is 32.2. The Bertz CT molecular complexity index is 390. The van der Waals surface area contributed by atoms with Crippen molar-refractivity contribution in [1.29, 1.82) is 0 Å². The summed E-state index contributed by atoms with van der Waals surface area (Å²) in [5, 5.41) is 0. The smallest absolute Gasteiger partial charge is 0.239 e. The van der Waals surface area contributed by atoms with E-state index in [4.69, 9.17) is 10.5 Å². The first-order chi connectivity index (χ1) is 8.66. The van der Waals surface area contributed by atoms with Crippen LogP contribution in [0, 0.1) is 0 Å². The molecule has 1 aliphatic heterocycles. The van der Waals surface area contributed by atoms with Crippen LogP contribution in [0.25, 0.3) is 0 Å². The fraction of sp³-hybridized carbons (Fsp3) is 0.615. The summed E-state index contributed by atoms with van der Waals surface area (Å²) >= 11 is 2.01. The molecule has 0 amide bonds. The molecule has 2 rings (SSSR count).